The van der Waals surface area contributed by atoms with Crippen LogP contribution in [0.15, 0.2) is 18.2 Å². The first kappa shape index (κ1) is 15.7. The fourth-order valence-corrected chi connectivity index (χ4v) is 2.04. The third kappa shape index (κ3) is 3.34. The maximum absolute atomic E-state index is 12.1. The van der Waals surface area contributed by atoms with Gasteiger partial charge in [-0.2, -0.15) is 0 Å². The van der Waals surface area contributed by atoms with Crippen LogP contribution in [0.1, 0.15) is 24.5 Å². The molecule has 0 saturated carbocycles. The summed E-state index contributed by atoms with van der Waals surface area (Å²) in [5.41, 5.74) is 1.89. The van der Waals surface area contributed by atoms with Crippen molar-refractivity contribution in [3.8, 4) is 0 Å². The number of para-hydroxylation sites is 1. The van der Waals surface area contributed by atoms with Gasteiger partial charge in [0.15, 0.2) is 0 Å². The second kappa shape index (κ2) is 6.18. The molecule has 0 aliphatic carbocycles. The monoisotopic (exact) mass is 279 g/mol. The van der Waals surface area contributed by atoms with E-state index in [9.17, 15) is 14.4 Å². The predicted octanol–water partition coefficient (Wildman–Crippen LogP) is 1.58. The Morgan fingerprint density at radius 1 is 1.15 bits per heavy atom. The van der Waals surface area contributed by atoms with E-state index in [0.717, 1.165) is 16.0 Å². The second-order valence-corrected chi connectivity index (χ2v) is 4.59. The van der Waals surface area contributed by atoms with Crippen molar-refractivity contribution in [3.05, 3.63) is 29.3 Å². The number of carbonyl (C=O) groups is 3. The van der Waals surface area contributed by atoms with Crippen LogP contribution in [0.25, 0.3) is 0 Å². The summed E-state index contributed by atoms with van der Waals surface area (Å²) in [6.45, 7) is 4.85. The highest BCUT2D eigenvalue weighted by Gasteiger charge is 2.30. The number of anilines is 1. The van der Waals surface area contributed by atoms with Crippen molar-refractivity contribution in [2.24, 2.45) is 0 Å². The zero-order valence-corrected chi connectivity index (χ0v) is 11.6. The zero-order chi connectivity index (χ0) is 15.4. The number of hydrogen-bond donors (Lipinski definition) is 2. The lowest BCUT2D eigenvalue weighted by molar-refractivity contribution is -0.143. The van der Waals surface area contributed by atoms with Crippen molar-refractivity contribution in [2.75, 3.05) is 4.90 Å². The summed E-state index contributed by atoms with van der Waals surface area (Å²) in [5, 5.41) is 17.9. The molecule has 1 aromatic rings. The number of aliphatic carboxylic acids is 2. The minimum absolute atomic E-state index is 0.452. The Balaban J connectivity index is 3.34. The molecule has 1 rings (SSSR count). The largest absolute Gasteiger partial charge is 0.481 e. The van der Waals surface area contributed by atoms with Gasteiger partial charge in [-0.3, -0.25) is 14.5 Å². The average molecular weight is 279 g/mol. The molecule has 0 aliphatic rings. The summed E-state index contributed by atoms with van der Waals surface area (Å²) in [7, 11) is 0. The zero-order valence-electron chi connectivity index (χ0n) is 11.6. The first-order valence-electron chi connectivity index (χ1n) is 6.08. The standard InChI is InChI=1S/C14H17NO5/c1-8-5-4-6-9(2)13(8)15(10(3)14(19)20)11(16)7-12(17)18/h4-6,10H,7H2,1-3H3,(H,17,18)(H,19,20). The normalized spacial score (nSPS) is 11.8. The third-order valence-electron chi connectivity index (χ3n) is 3.00. The molecule has 1 aromatic carbocycles. The lowest BCUT2D eigenvalue weighted by Crippen LogP contribution is -2.45. The summed E-state index contributed by atoms with van der Waals surface area (Å²) in [6, 6.07) is 4.15. The van der Waals surface area contributed by atoms with E-state index >= 15 is 0 Å². The van der Waals surface area contributed by atoms with Crippen molar-refractivity contribution in [1.82, 2.24) is 0 Å². The quantitative estimate of drug-likeness (QED) is 0.798. The maximum Gasteiger partial charge on any atom is 0.326 e. The third-order valence-corrected chi connectivity index (χ3v) is 3.00. The average Bonchev–Trinajstić information content (AvgIpc) is 2.32. The molecule has 6 heteroatoms. The molecule has 1 amide bonds. The number of rotatable bonds is 5. The number of aryl methyl sites for hydroxylation is 2. The Hall–Kier alpha value is -2.37. The van der Waals surface area contributed by atoms with E-state index < -0.39 is 30.3 Å². The molecule has 0 saturated heterocycles. The number of nitrogens with zero attached hydrogens (tertiary/aromatic N) is 1. The summed E-state index contributed by atoms with van der Waals surface area (Å²) in [5.74, 6) is -3.22. The van der Waals surface area contributed by atoms with Crippen LogP contribution in [0.4, 0.5) is 5.69 Å². The molecule has 6 nitrogen and oxygen atoms in total. The van der Waals surface area contributed by atoms with Crippen molar-refractivity contribution in [3.63, 3.8) is 0 Å². The van der Waals surface area contributed by atoms with E-state index in [-0.39, 0.29) is 0 Å². The number of hydrogen-bond acceptors (Lipinski definition) is 3. The SMILES string of the molecule is Cc1cccc(C)c1N(C(=O)CC(=O)O)C(C)C(=O)O. The highest BCUT2D eigenvalue weighted by molar-refractivity contribution is 6.06. The Morgan fingerprint density at radius 3 is 2.05 bits per heavy atom. The fourth-order valence-electron chi connectivity index (χ4n) is 2.04. The highest BCUT2D eigenvalue weighted by Crippen LogP contribution is 2.27. The highest BCUT2D eigenvalue weighted by atomic mass is 16.4. The van der Waals surface area contributed by atoms with E-state index in [2.05, 4.69) is 0 Å². The van der Waals surface area contributed by atoms with E-state index in [1.54, 1.807) is 32.0 Å². The van der Waals surface area contributed by atoms with Gasteiger partial charge in [-0.25, -0.2) is 4.79 Å². The Kier molecular flexibility index (Phi) is 4.85. The molecule has 0 aromatic heterocycles. The van der Waals surface area contributed by atoms with Crippen LogP contribution in [0.3, 0.4) is 0 Å². The first-order valence-corrected chi connectivity index (χ1v) is 6.08. The van der Waals surface area contributed by atoms with Crippen molar-refractivity contribution in [1.29, 1.82) is 0 Å². The number of carbonyl (C=O) groups excluding carboxylic acids is 1. The van der Waals surface area contributed by atoms with Gasteiger partial charge in [0.25, 0.3) is 0 Å². The lowest BCUT2D eigenvalue weighted by atomic mass is 10.1. The molecular formula is C14H17NO5. The smallest absolute Gasteiger partial charge is 0.326 e. The molecule has 0 spiro atoms. The second-order valence-electron chi connectivity index (χ2n) is 4.59. The molecule has 0 aliphatic heterocycles. The van der Waals surface area contributed by atoms with Gasteiger partial charge in [0, 0.05) is 0 Å². The summed E-state index contributed by atoms with van der Waals surface area (Å²) in [6.07, 6.45) is -0.745. The first-order chi connectivity index (χ1) is 9.25. The van der Waals surface area contributed by atoms with Crippen LogP contribution < -0.4 is 4.90 Å². The molecule has 0 heterocycles. The molecule has 108 valence electrons. The van der Waals surface area contributed by atoms with E-state index in [1.165, 1.54) is 6.92 Å². The van der Waals surface area contributed by atoms with Crippen molar-refractivity contribution < 1.29 is 24.6 Å². The number of carboxylic acids is 2. The van der Waals surface area contributed by atoms with Crippen molar-refractivity contribution >= 4 is 23.5 Å². The van der Waals surface area contributed by atoms with E-state index in [4.69, 9.17) is 10.2 Å². The van der Waals surface area contributed by atoms with Crippen molar-refractivity contribution in [2.45, 2.75) is 33.2 Å². The van der Waals surface area contributed by atoms with Crippen LogP contribution in [0.5, 0.6) is 0 Å². The Bertz CT molecular complexity index is 532. The summed E-state index contributed by atoms with van der Waals surface area (Å²) >= 11 is 0. The molecule has 20 heavy (non-hydrogen) atoms. The Labute approximate surface area is 116 Å². The van der Waals surface area contributed by atoms with Gasteiger partial charge in [-0.05, 0) is 31.9 Å². The van der Waals surface area contributed by atoms with Crippen LogP contribution in [0, 0.1) is 13.8 Å². The minimum atomic E-state index is -1.29. The van der Waals surface area contributed by atoms with Crippen LogP contribution in [0.2, 0.25) is 0 Å². The molecule has 0 fully saturated rings. The van der Waals surface area contributed by atoms with E-state index in [0.29, 0.717) is 5.69 Å². The fraction of sp³-hybridized carbons (Fsp3) is 0.357. The van der Waals surface area contributed by atoms with Gasteiger partial charge in [-0.15, -0.1) is 0 Å². The summed E-state index contributed by atoms with van der Waals surface area (Å²) in [4.78, 5) is 35.0. The molecule has 0 radical (unpaired) electrons. The number of amides is 1. The van der Waals surface area contributed by atoms with Gasteiger partial charge in [0.1, 0.15) is 12.5 Å². The molecule has 2 N–H and O–H groups in total. The van der Waals surface area contributed by atoms with Crippen LogP contribution in [-0.4, -0.2) is 34.1 Å². The van der Waals surface area contributed by atoms with Gasteiger partial charge < -0.3 is 10.2 Å². The topological polar surface area (TPSA) is 94.9 Å². The summed E-state index contributed by atoms with van der Waals surface area (Å²) < 4.78 is 0. The lowest BCUT2D eigenvalue weighted by Gasteiger charge is -2.29. The van der Waals surface area contributed by atoms with Gasteiger partial charge in [0.2, 0.25) is 5.91 Å². The number of carboxylic acid groups (broad SMARTS) is 2. The molecule has 1 atom stereocenters. The molecule has 1 unspecified atom stereocenters. The van der Waals surface area contributed by atoms with Crippen LogP contribution in [-0.2, 0) is 14.4 Å². The Morgan fingerprint density at radius 2 is 1.65 bits per heavy atom. The number of benzene rings is 1. The van der Waals surface area contributed by atoms with Gasteiger partial charge in [-0.1, -0.05) is 18.2 Å². The predicted molar refractivity (Wildman–Crippen MR) is 72.8 cm³/mol. The minimum Gasteiger partial charge on any atom is -0.481 e. The van der Waals surface area contributed by atoms with E-state index in [1.807, 2.05) is 0 Å². The molecular weight excluding hydrogens is 262 g/mol. The van der Waals surface area contributed by atoms with Gasteiger partial charge >= 0.3 is 11.9 Å². The van der Waals surface area contributed by atoms with Gasteiger partial charge in [0.05, 0.1) is 5.69 Å². The molecule has 0 bridgehead atoms. The van der Waals surface area contributed by atoms with Crippen LogP contribution >= 0.6 is 0 Å². The maximum atomic E-state index is 12.1.